The first kappa shape index (κ1) is 11.6. The lowest BCUT2D eigenvalue weighted by atomic mass is 10.2. The summed E-state index contributed by atoms with van der Waals surface area (Å²) in [7, 11) is 3.21. The van der Waals surface area contributed by atoms with E-state index in [9.17, 15) is 0 Å². The molecule has 0 aliphatic rings. The first-order chi connectivity index (χ1) is 7.17. The van der Waals surface area contributed by atoms with E-state index in [1.165, 1.54) is 0 Å². The highest BCUT2D eigenvalue weighted by atomic mass is 32.1. The number of nitrogens with one attached hydrogen (secondary N) is 1. The number of hydrogen-bond acceptors (Lipinski definition) is 4. The summed E-state index contributed by atoms with van der Waals surface area (Å²) < 4.78 is 10.3. The van der Waals surface area contributed by atoms with Crippen molar-refractivity contribution in [2.45, 2.75) is 0 Å². The van der Waals surface area contributed by atoms with Crippen LogP contribution >= 0.6 is 12.2 Å². The molecule has 0 spiro atoms. The van der Waals surface area contributed by atoms with E-state index in [0.29, 0.717) is 17.3 Å². The van der Waals surface area contributed by atoms with E-state index in [2.05, 4.69) is 5.32 Å². The van der Waals surface area contributed by atoms with Crippen LogP contribution in [0.1, 0.15) is 0 Å². The number of hydrogen-bond donors (Lipinski definition) is 2. The van der Waals surface area contributed by atoms with Gasteiger partial charge in [0.05, 0.1) is 31.4 Å². The lowest BCUT2D eigenvalue weighted by molar-refractivity contribution is 0.395. The second-order valence-corrected chi connectivity index (χ2v) is 3.41. The van der Waals surface area contributed by atoms with Gasteiger partial charge in [-0.3, -0.25) is 0 Å². The van der Waals surface area contributed by atoms with Gasteiger partial charge in [0.1, 0.15) is 11.5 Å². The molecule has 15 heavy (non-hydrogen) atoms. The van der Waals surface area contributed by atoms with Crippen LogP contribution in [0, 0.1) is 0 Å². The molecule has 3 N–H and O–H groups in total. The molecule has 0 unspecified atom stereocenters. The smallest absolute Gasteiger partial charge is 0.145 e. The molecule has 0 aliphatic carbocycles. The second kappa shape index (κ2) is 5.41. The van der Waals surface area contributed by atoms with E-state index in [1.807, 2.05) is 12.1 Å². The minimum Gasteiger partial charge on any atom is -0.497 e. The van der Waals surface area contributed by atoms with Gasteiger partial charge in [-0.1, -0.05) is 12.2 Å². The third-order valence-corrected chi connectivity index (χ3v) is 2.01. The molecule has 0 radical (unpaired) electrons. The Morgan fingerprint density at radius 3 is 2.67 bits per heavy atom. The lowest BCUT2D eigenvalue weighted by Gasteiger charge is -2.11. The number of methoxy groups -OCH3 is 2. The Kier molecular flexibility index (Phi) is 4.17. The van der Waals surface area contributed by atoms with Crippen LogP contribution in [0.2, 0.25) is 0 Å². The second-order valence-electron chi connectivity index (χ2n) is 2.89. The predicted octanol–water partition coefficient (Wildman–Crippen LogP) is 1.40. The molecule has 82 valence electrons. The van der Waals surface area contributed by atoms with E-state index >= 15 is 0 Å². The maximum Gasteiger partial charge on any atom is 0.145 e. The number of anilines is 1. The number of nitrogens with two attached hydrogens (primary N) is 1. The summed E-state index contributed by atoms with van der Waals surface area (Å²) in [6.07, 6.45) is 0. The summed E-state index contributed by atoms with van der Waals surface area (Å²) in [5.74, 6) is 1.44. The zero-order valence-electron chi connectivity index (χ0n) is 8.74. The summed E-state index contributed by atoms with van der Waals surface area (Å²) in [5.41, 5.74) is 6.23. The first-order valence-corrected chi connectivity index (χ1v) is 4.82. The largest absolute Gasteiger partial charge is 0.497 e. The number of benzene rings is 1. The van der Waals surface area contributed by atoms with Crippen molar-refractivity contribution in [1.82, 2.24) is 0 Å². The van der Waals surface area contributed by atoms with Crippen molar-refractivity contribution in [3.8, 4) is 11.5 Å². The van der Waals surface area contributed by atoms with Crippen molar-refractivity contribution in [3.05, 3.63) is 18.2 Å². The summed E-state index contributed by atoms with van der Waals surface area (Å²) >= 11 is 4.77. The average Bonchev–Trinajstić information content (AvgIpc) is 2.25. The molecule has 0 aliphatic heterocycles. The van der Waals surface area contributed by atoms with E-state index < -0.39 is 0 Å². The predicted molar refractivity (Wildman–Crippen MR) is 64.8 cm³/mol. The van der Waals surface area contributed by atoms with Gasteiger partial charge in [-0.2, -0.15) is 0 Å². The van der Waals surface area contributed by atoms with Crippen molar-refractivity contribution in [3.63, 3.8) is 0 Å². The fraction of sp³-hybridized carbons (Fsp3) is 0.300. The molecule has 0 aromatic heterocycles. The van der Waals surface area contributed by atoms with Crippen LogP contribution < -0.4 is 20.5 Å². The molecule has 0 fully saturated rings. The number of thiocarbonyl (C=S) groups is 1. The molecule has 0 saturated carbocycles. The van der Waals surface area contributed by atoms with Gasteiger partial charge >= 0.3 is 0 Å². The Labute approximate surface area is 94.4 Å². The summed E-state index contributed by atoms with van der Waals surface area (Å²) in [6, 6.07) is 5.49. The fourth-order valence-corrected chi connectivity index (χ4v) is 1.20. The minimum absolute atomic E-state index is 0.410. The molecule has 0 amide bonds. The Morgan fingerprint density at radius 1 is 1.40 bits per heavy atom. The zero-order chi connectivity index (χ0) is 11.3. The monoisotopic (exact) mass is 226 g/mol. The first-order valence-electron chi connectivity index (χ1n) is 4.41. The number of rotatable bonds is 5. The molecule has 0 atom stereocenters. The van der Waals surface area contributed by atoms with Crippen molar-refractivity contribution in [2.75, 3.05) is 26.1 Å². The minimum atomic E-state index is 0.410. The third-order valence-electron chi connectivity index (χ3n) is 1.86. The van der Waals surface area contributed by atoms with E-state index in [-0.39, 0.29) is 0 Å². The Bertz CT molecular complexity index is 355. The van der Waals surface area contributed by atoms with Gasteiger partial charge in [-0.05, 0) is 12.1 Å². The Morgan fingerprint density at radius 2 is 2.13 bits per heavy atom. The third kappa shape index (κ3) is 3.28. The van der Waals surface area contributed by atoms with Crippen molar-refractivity contribution in [2.24, 2.45) is 5.73 Å². The van der Waals surface area contributed by atoms with Crippen molar-refractivity contribution in [1.29, 1.82) is 0 Å². The summed E-state index contributed by atoms with van der Waals surface area (Å²) in [5, 5.41) is 3.07. The molecule has 0 bridgehead atoms. The Hall–Kier alpha value is -1.49. The van der Waals surface area contributed by atoms with Crippen molar-refractivity contribution < 1.29 is 9.47 Å². The molecule has 1 aromatic rings. The molecule has 4 nitrogen and oxygen atoms in total. The quantitative estimate of drug-likeness (QED) is 0.743. The lowest BCUT2D eigenvalue weighted by Crippen LogP contribution is -2.19. The standard InChI is InChI=1S/C10H14N2O2S/c1-13-7-3-4-8(9(5-7)14-2)12-6-10(11)15/h3-5,12H,6H2,1-2H3,(H2,11,15). The van der Waals surface area contributed by atoms with E-state index in [0.717, 1.165) is 11.4 Å². The van der Waals surface area contributed by atoms with Gasteiger partial charge in [0.2, 0.25) is 0 Å². The van der Waals surface area contributed by atoms with Gasteiger partial charge in [0.25, 0.3) is 0 Å². The molecular weight excluding hydrogens is 212 g/mol. The van der Waals surface area contributed by atoms with Crippen LogP contribution in [0.15, 0.2) is 18.2 Å². The van der Waals surface area contributed by atoms with Crippen LogP contribution in [0.25, 0.3) is 0 Å². The fourth-order valence-electron chi connectivity index (χ4n) is 1.13. The van der Waals surface area contributed by atoms with Gasteiger partial charge in [0.15, 0.2) is 0 Å². The molecule has 1 aromatic carbocycles. The summed E-state index contributed by atoms with van der Waals surface area (Å²) in [6.45, 7) is 0.442. The van der Waals surface area contributed by atoms with Gasteiger partial charge in [-0.15, -0.1) is 0 Å². The van der Waals surface area contributed by atoms with Gasteiger partial charge in [0, 0.05) is 6.07 Å². The van der Waals surface area contributed by atoms with Gasteiger partial charge < -0.3 is 20.5 Å². The van der Waals surface area contributed by atoms with E-state index in [1.54, 1.807) is 20.3 Å². The van der Waals surface area contributed by atoms with Crippen LogP contribution in [0.3, 0.4) is 0 Å². The van der Waals surface area contributed by atoms with Crippen LogP contribution in [-0.2, 0) is 0 Å². The average molecular weight is 226 g/mol. The molecular formula is C10H14N2O2S. The molecule has 0 saturated heterocycles. The molecule has 5 heteroatoms. The molecule has 0 heterocycles. The van der Waals surface area contributed by atoms with Crippen molar-refractivity contribution >= 4 is 22.9 Å². The highest BCUT2D eigenvalue weighted by Crippen LogP contribution is 2.28. The SMILES string of the molecule is COc1ccc(NCC(N)=S)c(OC)c1. The van der Waals surface area contributed by atoms with Crippen LogP contribution in [0.4, 0.5) is 5.69 Å². The molecule has 1 rings (SSSR count). The van der Waals surface area contributed by atoms with Gasteiger partial charge in [-0.25, -0.2) is 0 Å². The highest BCUT2D eigenvalue weighted by molar-refractivity contribution is 7.80. The Balaban J connectivity index is 2.82. The highest BCUT2D eigenvalue weighted by Gasteiger charge is 2.04. The van der Waals surface area contributed by atoms with Crippen LogP contribution in [0.5, 0.6) is 11.5 Å². The maximum atomic E-state index is 5.39. The van der Waals surface area contributed by atoms with E-state index in [4.69, 9.17) is 27.4 Å². The number of ether oxygens (including phenoxy) is 2. The zero-order valence-corrected chi connectivity index (χ0v) is 9.56. The normalized spacial score (nSPS) is 9.47. The summed E-state index contributed by atoms with van der Waals surface area (Å²) in [4.78, 5) is 0.410. The topological polar surface area (TPSA) is 56.5 Å². The maximum absolute atomic E-state index is 5.39. The van der Waals surface area contributed by atoms with Crippen LogP contribution in [-0.4, -0.2) is 25.8 Å².